The number of carbonyl (C=O) groups is 2. The minimum Gasteiger partial charge on any atom is -0.277 e. The van der Waals surface area contributed by atoms with E-state index in [9.17, 15) is 14.4 Å². The van der Waals surface area contributed by atoms with Crippen molar-refractivity contribution in [2.45, 2.75) is 13.8 Å². The molecule has 8 heteroatoms. The number of aromatic nitrogens is 4. The van der Waals surface area contributed by atoms with E-state index in [1.807, 2.05) is 26.0 Å². The molecule has 0 N–H and O–H groups in total. The third-order valence-corrected chi connectivity index (χ3v) is 6.78. The number of benzene rings is 3. The number of aryl methyl sites for hydroxylation is 2. The van der Waals surface area contributed by atoms with E-state index in [0.717, 1.165) is 16.0 Å². The van der Waals surface area contributed by atoms with E-state index in [1.54, 1.807) is 24.3 Å². The number of nitrogens with zero attached hydrogens (tertiary/aromatic N) is 5. The smallest absolute Gasteiger partial charge is 0.266 e. The zero-order valence-electron chi connectivity index (χ0n) is 17.9. The maximum absolute atomic E-state index is 13.7. The second kappa shape index (κ2) is 5.66. The van der Waals surface area contributed by atoms with Gasteiger partial charge < -0.3 is 0 Å². The first kappa shape index (κ1) is 18.1. The van der Waals surface area contributed by atoms with Crippen LogP contribution in [0.4, 0.5) is 0 Å². The highest BCUT2D eigenvalue weighted by atomic mass is 16.2. The van der Waals surface area contributed by atoms with E-state index in [2.05, 4.69) is 9.97 Å². The van der Waals surface area contributed by atoms with Gasteiger partial charge in [0.25, 0.3) is 17.4 Å². The molecule has 0 saturated heterocycles. The molecule has 0 atom stereocenters. The van der Waals surface area contributed by atoms with E-state index < -0.39 is 0 Å². The SMILES string of the molecule is Cc1cc2nc3nc4c5ccc6c7c(ccc(c(=O)n4c3nc2cc1C)c75)C(=O)N(C)C6=O. The average molecular weight is 433 g/mol. The molecule has 3 aromatic carbocycles. The van der Waals surface area contributed by atoms with Crippen molar-refractivity contribution < 1.29 is 9.59 Å². The molecule has 3 aromatic heterocycles. The predicted octanol–water partition coefficient (Wildman–Crippen LogP) is 3.38. The van der Waals surface area contributed by atoms with Crippen LogP contribution in [-0.4, -0.2) is 43.1 Å². The fraction of sp³-hybridized carbons (Fsp3) is 0.120. The lowest BCUT2D eigenvalue weighted by Crippen LogP contribution is -2.37. The standard InChI is InChI=1S/C25H15N5O3/c1-10-8-16-17(9-11(10)2)27-22-20(26-16)28-21-12-4-5-13-19-14(24(32)29(3)23(13)31)6-7-15(18(12)19)25(33)30(21)22/h4-9H,1-3H3. The number of carbonyl (C=O) groups excluding carboxylic acids is 2. The molecule has 0 radical (unpaired) electrons. The van der Waals surface area contributed by atoms with Crippen LogP contribution in [0.2, 0.25) is 0 Å². The third kappa shape index (κ3) is 2.05. The lowest BCUT2D eigenvalue weighted by atomic mass is 9.90. The van der Waals surface area contributed by atoms with Crippen LogP contribution in [0.5, 0.6) is 0 Å². The average Bonchev–Trinajstić information content (AvgIpc) is 3.17. The predicted molar refractivity (Wildman–Crippen MR) is 124 cm³/mol. The van der Waals surface area contributed by atoms with Gasteiger partial charge in [0.1, 0.15) is 0 Å². The van der Waals surface area contributed by atoms with Crippen LogP contribution in [0.15, 0.2) is 41.2 Å². The number of hydrogen-bond donors (Lipinski definition) is 0. The van der Waals surface area contributed by atoms with E-state index in [0.29, 0.717) is 60.6 Å². The summed E-state index contributed by atoms with van der Waals surface area (Å²) in [5, 5.41) is 2.15. The molecule has 0 fully saturated rings. The number of imide groups is 1. The molecule has 8 nitrogen and oxygen atoms in total. The fourth-order valence-electron chi connectivity index (χ4n) is 4.93. The van der Waals surface area contributed by atoms with Crippen molar-refractivity contribution in [2.24, 2.45) is 0 Å². The number of imidazole rings is 1. The second-order valence-electron chi connectivity index (χ2n) is 8.61. The molecule has 33 heavy (non-hydrogen) atoms. The lowest BCUT2D eigenvalue weighted by Gasteiger charge is -2.24. The van der Waals surface area contributed by atoms with Crippen LogP contribution in [0, 0.1) is 13.8 Å². The van der Waals surface area contributed by atoms with Crippen molar-refractivity contribution in [1.82, 2.24) is 24.3 Å². The maximum atomic E-state index is 13.7. The minimum atomic E-state index is -0.386. The zero-order valence-corrected chi connectivity index (χ0v) is 17.9. The first-order valence-corrected chi connectivity index (χ1v) is 10.5. The first-order chi connectivity index (χ1) is 15.8. The molecule has 0 spiro atoms. The summed E-state index contributed by atoms with van der Waals surface area (Å²) in [5.41, 5.74) is 5.26. The van der Waals surface area contributed by atoms with E-state index >= 15 is 0 Å². The molecule has 0 aliphatic carbocycles. The van der Waals surface area contributed by atoms with Gasteiger partial charge in [0.2, 0.25) is 0 Å². The van der Waals surface area contributed by atoms with Crippen molar-refractivity contribution >= 4 is 61.3 Å². The maximum Gasteiger partial charge on any atom is 0.266 e. The van der Waals surface area contributed by atoms with Gasteiger partial charge in [-0.25, -0.2) is 19.4 Å². The second-order valence-corrected chi connectivity index (χ2v) is 8.61. The quantitative estimate of drug-likeness (QED) is 0.341. The van der Waals surface area contributed by atoms with Crippen molar-refractivity contribution in [2.75, 3.05) is 7.05 Å². The van der Waals surface area contributed by atoms with Gasteiger partial charge in [0, 0.05) is 39.7 Å². The van der Waals surface area contributed by atoms with Gasteiger partial charge in [-0.3, -0.25) is 19.3 Å². The summed E-state index contributed by atoms with van der Waals surface area (Å²) in [5.74, 6) is -0.772. The molecule has 7 rings (SSSR count). The van der Waals surface area contributed by atoms with E-state index in [-0.39, 0.29) is 17.4 Å². The van der Waals surface area contributed by atoms with Gasteiger partial charge in [0.15, 0.2) is 16.9 Å². The molecular formula is C25H15N5O3. The van der Waals surface area contributed by atoms with Gasteiger partial charge in [-0.05, 0) is 61.4 Å². The normalized spacial score (nSPS) is 14.1. The Labute approximate surface area is 185 Å². The molecule has 158 valence electrons. The van der Waals surface area contributed by atoms with Crippen molar-refractivity contribution in [3.8, 4) is 0 Å². The third-order valence-electron chi connectivity index (χ3n) is 6.78. The Morgan fingerprint density at radius 2 is 1.30 bits per heavy atom. The number of amides is 2. The van der Waals surface area contributed by atoms with Crippen LogP contribution >= 0.6 is 0 Å². The first-order valence-electron chi connectivity index (χ1n) is 10.5. The molecule has 1 aliphatic rings. The molecule has 0 bridgehead atoms. The fourth-order valence-corrected chi connectivity index (χ4v) is 4.93. The molecule has 6 aromatic rings. The summed E-state index contributed by atoms with van der Waals surface area (Å²) in [7, 11) is 1.46. The van der Waals surface area contributed by atoms with E-state index in [1.165, 1.54) is 11.4 Å². The van der Waals surface area contributed by atoms with Crippen molar-refractivity contribution in [3.63, 3.8) is 0 Å². The largest absolute Gasteiger partial charge is 0.277 e. The highest BCUT2D eigenvalue weighted by molar-refractivity contribution is 6.31. The molecule has 0 unspecified atom stereocenters. The van der Waals surface area contributed by atoms with Gasteiger partial charge in [0.05, 0.1) is 11.0 Å². The summed E-state index contributed by atoms with van der Waals surface area (Å²) in [6.07, 6.45) is 0. The summed E-state index contributed by atoms with van der Waals surface area (Å²) in [6.45, 7) is 4.02. The highest BCUT2D eigenvalue weighted by Crippen LogP contribution is 2.36. The number of fused-ring (bicyclic) bond motifs is 5. The number of rotatable bonds is 0. The van der Waals surface area contributed by atoms with Crippen LogP contribution in [0.3, 0.4) is 0 Å². The Balaban J connectivity index is 1.72. The zero-order chi connectivity index (χ0) is 22.8. The van der Waals surface area contributed by atoms with Crippen LogP contribution in [0.25, 0.3) is 49.5 Å². The summed E-state index contributed by atoms with van der Waals surface area (Å²) < 4.78 is 1.48. The minimum absolute atomic E-state index is 0.306. The number of hydrogen-bond acceptors (Lipinski definition) is 6. The molecule has 0 saturated carbocycles. The van der Waals surface area contributed by atoms with Gasteiger partial charge in [-0.2, -0.15) is 0 Å². The topological polar surface area (TPSA) is 97.5 Å². The van der Waals surface area contributed by atoms with Gasteiger partial charge in [-0.15, -0.1) is 0 Å². The van der Waals surface area contributed by atoms with Crippen LogP contribution < -0.4 is 5.56 Å². The Bertz CT molecular complexity index is 1950. The Hall–Kier alpha value is -4.46. The van der Waals surface area contributed by atoms with Gasteiger partial charge >= 0.3 is 0 Å². The Morgan fingerprint density at radius 1 is 0.697 bits per heavy atom. The Morgan fingerprint density at radius 3 is 1.97 bits per heavy atom. The number of pyridine rings is 1. The molecule has 2 amide bonds. The highest BCUT2D eigenvalue weighted by Gasteiger charge is 2.32. The molecular weight excluding hydrogens is 418 g/mol. The lowest BCUT2D eigenvalue weighted by molar-refractivity contribution is 0.0651. The van der Waals surface area contributed by atoms with Crippen molar-refractivity contribution in [3.05, 3.63) is 69.0 Å². The van der Waals surface area contributed by atoms with Crippen LogP contribution in [-0.2, 0) is 0 Å². The van der Waals surface area contributed by atoms with E-state index in [4.69, 9.17) is 4.98 Å². The summed E-state index contributed by atoms with van der Waals surface area (Å²) in [6, 6.07) is 10.7. The summed E-state index contributed by atoms with van der Waals surface area (Å²) in [4.78, 5) is 54.4. The summed E-state index contributed by atoms with van der Waals surface area (Å²) >= 11 is 0. The van der Waals surface area contributed by atoms with Gasteiger partial charge in [-0.1, -0.05) is 0 Å². The Kier molecular flexibility index (Phi) is 3.11. The van der Waals surface area contributed by atoms with Crippen molar-refractivity contribution in [1.29, 1.82) is 0 Å². The van der Waals surface area contributed by atoms with Crippen LogP contribution in [0.1, 0.15) is 31.8 Å². The monoisotopic (exact) mass is 433 g/mol. The molecule has 1 aliphatic heterocycles. The molecule has 4 heterocycles.